The molecule has 0 bridgehead atoms. The van der Waals surface area contributed by atoms with Crippen molar-refractivity contribution in [1.82, 2.24) is 4.98 Å². The Morgan fingerprint density at radius 2 is 2.23 bits per heavy atom. The number of ether oxygens (including phenoxy) is 2. The van der Waals surface area contributed by atoms with E-state index in [1.165, 1.54) is 17.4 Å². The number of aromatic nitrogens is 1. The highest BCUT2D eigenvalue weighted by atomic mass is 32.1. The molecule has 0 saturated carbocycles. The number of hydrogen-bond donors (Lipinski definition) is 1. The molecule has 0 unspecified atom stereocenters. The maximum Gasteiger partial charge on any atom is 0.250 e. The zero-order valence-electron chi connectivity index (χ0n) is 12.8. The van der Waals surface area contributed by atoms with Crippen LogP contribution in [0, 0.1) is 6.92 Å². The third-order valence-corrected chi connectivity index (χ3v) is 3.59. The molecule has 2 aromatic rings. The molecule has 0 atom stereocenters. The summed E-state index contributed by atoms with van der Waals surface area (Å²) in [5, 5.41) is 3.32. The Bertz CT molecular complexity index is 680. The molecule has 5 nitrogen and oxygen atoms in total. The Morgan fingerprint density at radius 3 is 2.86 bits per heavy atom. The minimum Gasteiger partial charge on any atom is -0.493 e. The van der Waals surface area contributed by atoms with Crippen molar-refractivity contribution in [2.75, 3.05) is 19.0 Å². The Morgan fingerprint density at radius 1 is 1.41 bits per heavy atom. The number of methoxy groups -OCH3 is 1. The van der Waals surface area contributed by atoms with Crippen molar-refractivity contribution < 1.29 is 14.3 Å². The molecule has 22 heavy (non-hydrogen) atoms. The molecule has 0 spiro atoms. The number of benzene rings is 1. The van der Waals surface area contributed by atoms with Crippen LogP contribution < -0.4 is 14.8 Å². The molecule has 0 saturated heterocycles. The van der Waals surface area contributed by atoms with E-state index < -0.39 is 0 Å². The van der Waals surface area contributed by atoms with Crippen LogP contribution in [0.2, 0.25) is 0 Å². The van der Waals surface area contributed by atoms with Crippen LogP contribution in [0.15, 0.2) is 30.5 Å². The number of rotatable bonds is 6. The quantitative estimate of drug-likeness (QED) is 0.828. The number of anilines is 1. The van der Waals surface area contributed by atoms with E-state index in [0.29, 0.717) is 23.2 Å². The molecule has 6 heteroatoms. The first-order valence-electron chi connectivity index (χ1n) is 6.84. The maximum absolute atomic E-state index is 11.8. The van der Waals surface area contributed by atoms with Crippen LogP contribution in [0.5, 0.6) is 11.5 Å². The van der Waals surface area contributed by atoms with Crippen molar-refractivity contribution in [3.05, 3.63) is 40.9 Å². The summed E-state index contributed by atoms with van der Waals surface area (Å²) in [6, 6.07) is 5.51. The van der Waals surface area contributed by atoms with E-state index in [9.17, 15) is 4.79 Å². The van der Waals surface area contributed by atoms with E-state index in [2.05, 4.69) is 10.3 Å². The lowest BCUT2D eigenvalue weighted by atomic mass is 10.2. The average Bonchev–Trinajstić information content (AvgIpc) is 2.91. The number of carbonyl (C=O) groups excluding carboxylic acids is 1. The summed E-state index contributed by atoms with van der Waals surface area (Å²) in [7, 11) is 1.59. The molecule has 116 valence electrons. The highest BCUT2D eigenvalue weighted by molar-refractivity contribution is 7.15. The fraction of sp³-hybridized carbons (Fsp3) is 0.250. The van der Waals surface area contributed by atoms with Gasteiger partial charge in [-0.25, -0.2) is 4.98 Å². The first-order chi connectivity index (χ1) is 10.6. The molecule has 0 aliphatic rings. The second kappa shape index (κ2) is 7.61. The van der Waals surface area contributed by atoms with Crippen LogP contribution in [0.1, 0.15) is 17.4 Å². The second-order valence-electron chi connectivity index (χ2n) is 4.44. The van der Waals surface area contributed by atoms with Crippen molar-refractivity contribution in [1.29, 1.82) is 0 Å². The molecular weight excluding hydrogens is 300 g/mol. The molecule has 0 radical (unpaired) electrons. The van der Waals surface area contributed by atoms with Crippen molar-refractivity contribution >= 4 is 28.5 Å². The van der Waals surface area contributed by atoms with Crippen LogP contribution >= 0.6 is 11.3 Å². The Labute approximate surface area is 133 Å². The number of hydrogen-bond acceptors (Lipinski definition) is 5. The molecule has 0 aliphatic heterocycles. The predicted octanol–water partition coefficient (Wildman–Crippen LogP) is 3.51. The Kier molecular flexibility index (Phi) is 5.55. The minimum absolute atomic E-state index is 0.219. The zero-order chi connectivity index (χ0) is 15.9. The first kappa shape index (κ1) is 16.0. The zero-order valence-corrected chi connectivity index (χ0v) is 13.6. The third-order valence-electron chi connectivity index (χ3n) is 2.77. The number of carbonyl (C=O) groups is 1. The van der Waals surface area contributed by atoms with Gasteiger partial charge in [-0.05, 0) is 37.6 Å². The van der Waals surface area contributed by atoms with Gasteiger partial charge >= 0.3 is 0 Å². The van der Waals surface area contributed by atoms with Gasteiger partial charge in [0.05, 0.1) is 13.7 Å². The van der Waals surface area contributed by atoms with Gasteiger partial charge in [-0.3, -0.25) is 10.1 Å². The standard InChI is InChI=1S/C16H18N2O3S/c1-4-21-14-9-12(5-7-13(14)20-3)6-8-15(19)18-16-17-10-11(2)22-16/h5-10H,4H2,1-3H3,(H,17,18,19)/b8-6+. The molecule has 1 N–H and O–H groups in total. The fourth-order valence-corrected chi connectivity index (χ4v) is 2.46. The molecule has 1 aromatic carbocycles. The van der Waals surface area contributed by atoms with E-state index >= 15 is 0 Å². The molecule has 1 amide bonds. The van der Waals surface area contributed by atoms with Crippen molar-refractivity contribution in [2.24, 2.45) is 0 Å². The van der Waals surface area contributed by atoms with Gasteiger partial charge < -0.3 is 9.47 Å². The molecular formula is C16H18N2O3S. The predicted molar refractivity (Wildman–Crippen MR) is 88.7 cm³/mol. The van der Waals surface area contributed by atoms with E-state index in [-0.39, 0.29) is 5.91 Å². The highest BCUT2D eigenvalue weighted by Gasteiger charge is 2.05. The van der Waals surface area contributed by atoms with Gasteiger partial charge in [0.2, 0.25) is 5.91 Å². The minimum atomic E-state index is -0.219. The molecule has 0 aliphatic carbocycles. The molecule has 2 rings (SSSR count). The van der Waals surface area contributed by atoms with Gasteiger partial charge in [0.15, 0.2) is 16.6 Å². The lowest BCUT2D eigenvalue weighted by molar-refractivity contribution is -0.111. The number of amides is 1. The number of nitrogens with one attached hydrogen (secondary N) is 1. The van der Waals surface area contributed by atoms with Crippen LogP contribution in [-0.2, 0) is 4.79 Å². The van der Waals surface area contributed by atoms with Crippen LogP contribution in [-0.4, -0.2) is 24.6 Å². The SMILES string of the molecule is CCOc1cc(/C=C/C(=O)Nc2ncc(C)s2)ccc1OC. The Balaban J connectivity index is 2.05. The summed E-state index contributed by atoms with van der Waals surface area (Å²) in [4.78, 5) is 17.0. The molecule has 0 fully saturated rings. The lowest BCUT2D eigenvalue weighted by Gasteiger charge is -2.09. The normalized spacial score (nSPS) is 10.7. The average molecular weight is 318 g/mol. The van der Waals surface area contributed by atoms with Crippen LogP contribution in [0.3, 0.4) is 0 Å². The van der Waals surface area contributed by atoms with E-state index in [4.69, 9.17) is 9.47 Å². The summed E-state index contributed by atoms with van der Waals surface area (Å²) in [6.07, 6.45) is 4.91. The molecule has 1 aromatic heterocycles. The van der Waals surface area contributed by atoms with Gasteiger partial charge in [0.1, 0.15) is 0 Å². The lowest BCUT2D eigenvalue weighted by Crippen LogP contribution is -2.07. The third kappa shape index (κ3) is 4.33. The summed E-state index contributed by atoms with van der Waals surface area (Å²) in [6.45, 7) is 4.40. The summed E-state index contributed by atoms with van der Waals surface area (Å²) in [5.74, 6) is 1.10. The Hall–Kier alpha value is -2.34. The van der Waals surface area contributed by atoms with E-state index in [1.54, 1.807) is 19.4 Å². The number of thiazole rings is 1. The van der Waals surface area contributed by atoms with Gasteiger partial charge in [-0.1, -0.05) is 6.07 Å². The van der Waals surface area contributed by atoms with Gasteiger partial charge in [0.25, 0.3) is 0 Å². The second-order valence-corrected chi connectivity index (χ2v) is 5.68. The first-order valence-corrected chi connectivity index (χ1v) is 7.66. The number of nitrogens with zero attached hydrogens (tertiary/aromatic N) is 1. The van der Waals surface area contributed by atoms with Crippen LogP contribution in [0.4, 0.5) is 5.13 Å². The van der Waals surface area contributed by atoms with Crippen molar-refractivity contribution in [2.45, 2.75) is 13.8 Å². The van der Waals surface area contributed by atoms with Gasteiger partial charge in [-0.2, -0.15) is 0 Å². The summed E-state index contributed by atoms with van der Waals surface area (Å²) in [5.41, 5.74) is 0.856. The largest absolute Gasteiger partial charge is 0.493 e. The van der Waals surface area contributed by atoms with Gasteiger partial charge in [-0.15, -0.1) is 11.3 Å². The van der Waals surface area contributed by atoms with Crippen molar-refractivity contribution in [3.8, 4) is 11.5 Å². The molecule has 1 heterocycles. The summed E-state index contributed by atoms with van der Waals surface area (Å²) < 4.78 is 10.7. The highest BCUT2D eigenvalue weighted by Crippen LogP contribution is 2.28. The van der Waals surface area contributed by atoms with E-state index in [1.807, 2.05) is 32.0 Å². The maximum atomic E-state index is 11.8. The summed E-state index contributed by atoms with van der Waals surface area (Å²) >= 11 is 1.44. The topological polar surface area (TPSA) is 60.5 Å². The van der Waals surface area contributed by atoms with Gasteiger partial charge in [0, 0.05) is 17.2 Å². The fourth-order valence-electron chi connectivity index (χ4n) is 1.80. The van der Waals surface area contributed by atoms with Crippen LogP contribution in [0.25, 0.3) is 6.08 Å². The smallest absolute Gasteiger partial charge is 0.250 e. The van der Waals surface area contributed by atoms with E-state index in [0.717, 1.165) is 10.4 Å². The van der Waals surface area contributed by atoms with Crippen molar-refractivity contribution in [3.63, 3.8) is 0 Å². The number of aryl methyl sites for hydroxylation is 1. The monoisotopic (exact) mass is 318 g/mol.